The van der Waals surface area contributed by atoms with Gasteiger partial charge in [-0.3, -0.25) is 19.5 Å². The van der Waals surface area contributed by atoms with Crippen LogP contribution in [0.25, 0.3) is 11.4 Å². The van der Waals surface area contributed by atoms with Crippen molar-refractivity contribution in [2.24, 2.45) is 5.92 Å². The molecule has 1 aromatic carbocycles. The minimum Gasteiger partial charge on any atom is -0.385 e. The van der Waals surface area contributed by atoms with Gasteiger partial charge in [0.1, 0.15) is 11.9 Å². The molecule has 0 saturated carbocycles. The number of carbonyl (C=O) groups excluding carboxylic acids is 2. The molecule has 0 aliphatic carbocycles. The lowest BCUT2D eigenvalue weighted by molar-refractivity contribution is -0.151. The van der Waals surface area contributed by atoms with Crippen molar-refractivity contribution < 1.29 is 18.7 Å². The molecule has 3 aromatic rings. The standard InChI is InChI=1S/C31H39FN6O3/c1-20(2)31(40)38-22(4)18-37(25(12-16-41-5)28-27(32)21(3)11-15-33-28)19-26(38)30(39)36-17-23-7-9-24(10-8-23)29-34-13-6-14-35-29/h6-11,13-15,20,22,25-26H,12,16-19H2,1-5H3,(H,36,39)/t22-,25-,26-/m1/s1. The maximum absolute atomic E-state index is 15.3. The quantitative estimate of drug-likeness (QED) is 0.400. The molecule has 4 rings (SSSR count). The molecule has 0 bridgehead atoms. The Balaban J connectivity index is 1.55. The third-order valence-corrected chi connectivity index (χ3v) is 7.47. The number of amides is 2. The number of hydrogen-bond donors (Lipinski definition) is 1. The first-order valence-corrected chi connectivity index (χ1v) is 14.0. The van der Waals surface area contributed by atoms with Gasteiger partial charge >= 0.3 is 0 Å². The van der Waals surface area contributed by atoms with Crippen LogP contribution < -0.4 is 5.32 Å². The first kappa shape index (κ1) is 30.2. The summed E-state index contributed by atoms with van der Waals surface area (Å²) < 4.78 is 20.6. The number of methoxy groups -OCH3 is 1. The highest BCUT2D eigenvalue weighted by molar-refractivity contribution is 5.89. The summed E-state index contributed by atoms with van der Waals surface area (Å²) in [5.41, 5.74) is 2.63. The molecular formula is C31H39FN6O3. The van der Waals surface area contributed by atoms with Gasteiger partial charge < -0.3 is 15.0 Å². The summed E-state index contributed by atoms with van der Waals surface area (Å²) in [5.74, 6) is -0.337. The van der Waals surface area contributed by atoms with Gasteiger partial charge in [-0.2, -0.15) is 0 Å². The number of carbonyl (C=O) groups is 2. The highest BCUT2D eigenvalue weighted by Gasteiger charge is 2.42. The van der Waals surface area contributed by atoms with E-state index in [1.54, 1.807) is 49.7 Å². The van der Waals surface area contributed by atoms with Gasteiger partial charge in [0.15, 0.2) is 5.82 Å². The lowest BCUT2D eigenvalue weighted by Crippen LogP contribution is -2.65. The molecule has 218 valence electrons. The zero-order valence-electron chi connectivity index (χ0n) is 24.4. The zero-order chi connectivity index (χ0) is 29.5. The van der Waals surface area contributed by atoms with Gasteiger partial charge in [0.2, 0.25) is 11.8 Å². The van der Waals surface area contributed by atoms with E-state index in [9.17, 15) is 9.59 Å². The summed E-state index contributed by atoms with van der Waals surface area (Å²) >= 11 is 0. The van der Waals surface area contributed by atoms with Gasteiger partial charge in [-0.15, -0.1) is 0 Å². The average molecular weight is 563 g/mol. The van der Waals surface area contributed by atoms with Crippen molar-refractivity contribution in [2.75, 3.05) is 26.8 Å². The molecule has 10 heteroatoms. The normalized spacial score (nSPS) is 18.4. The molecule has 1 N–H and O–H groups in total. The minimum absolute atomic E-state index is 0.0854. The van der Waals surface area contributed by atoms with E-state index in [0.717, 1.165) is 11.1 Å². The van der Waals surface area contributed by atoms with Crippen LogP contribution in [0, 0.1) is 18.7 Å². The zero-order valence-corrected chi connectivity index (χ0v) is 24.4. The summed E-state index contributed by atoms with van der Waals surface area (Å²) in [6.07, 6.45) is 5.49. The second-order valence-corrected chi connectivity index (χ2v) is 10.8. The van der Waals surface area contributed by atoms with E-state index in [1.807, 2.05) is 45.0 Å². The molecule has 3 atom stereocenters. The van der Waals surface area contributed by atoms with Crippen LogP contribution in [-0.2, 0) is 20.9 Å². The summed E-state index contributed by atoms with van der Waals surface area (Å²) in [5, 5.41) is 3.03. The molecule has 9 nitrogen and oxygen atoms in total. The van der Waals surface area contributed by atoms with E-state index in [0.29, 0.717) is 43.2 Å². The number of rotatable bonds is 10. The Kier molecular flexibility index (Phi) is 10.1. The van der Waals surface area contributed by atoms with Gasteiger partial charge in [0.25, 0.3) is 0 Å². The number of aromatic nitrogens is 3. The van der Waals surface area contributed by atoms with Crippen LogP contribution in [0.15, 0.2) is 55.0 Å². The van der Waals surface area contributed by atoms with Crippen LogP contribution in [-0.4, -0.2) is 75.5 Å². The second-order valence-electron chi connectivity index (χ2n) is 10.8. The van der Waals surface area contributed by atoms with Gasteiger partial charge in [-0.1, -0.05) is 38.1 Å². The SMILES string of the molecule is COCC[C@H](c1nccc(C)c1F)N1C[C@@H](C)N(C(=O)C(C)C)[C@@H](C(=O)NCc2ccc(-c3ncccn3)cc2)C1. The van der Waals surface area contributed by atoms with Crippen LogP contribution in [0.3, 0.4) is 0 Å². The first-order valence-electron chi connectivity index (χ1n) is 14.0. The molecule has 3 heterocycles. The fraction of sp³-hybridized carbons (Fsp3) is 0.452. The Hall–Kier alpha value is -3.76. The summed E-state index contributed by atoms with van der Waals surface area (Å²) in [6.45, 7) is 8.75. The number of ether oxygens (including phenoxy) is 1. The van der Waals surface area contributed by atoms with E-state index in [-0.39, 0.29) is 36.1 Å². The molecule has 2 amide bonds. The van der Waals surface area contributed by atoms with Crippen molar-refractivity contribution in [1.82, 2.24) is 30.1 Å². The predicted octanol–water partition coefficient (Wildman–Crippen LogP) is 3.94. The van der Waals surface area contributed by atoms with Crippen molar-refractivity contribution >= 4 is 11.8 Å². The van der Waals surface area contributed by atoms with Gasteiger partial charge in [-0.25, -0.2) is 14.4 Å². The van der Waals surface area contributed by atoms with Crippen molar-refractivity contribution in [1.29, 1.82) is 0 Å². The van der Waals surface area contributed by atoms with Crippen molar-refractivity contribution in [3.63, 3.8) is 0 Å². The van der Waals surface area contributed by atoms with Crippen LogP contribution in [0.1, 0.15) is 50.1 Å². The highest BCUT2D eigenvalue weighted by atomic mass is 19.1. The van der Waals surface area contributed by atoms with E-state index < -0.39 is 12.1 Å². The topological polar surface area (TPSA) is 101 Å². The Morgan fingerprint density at radius 3 is 2.44 bits per heavy atom. The fourth-order valence-electron chi connectivity index (χ4n) is 5.29. The van der Waals surface area contributed by atoms with Crippen molar-refractivity contribution in [3.8, 4) is 11.4 Å². The van der Waals surface area contributed by atoms with E-state index >= 15 is 4.39 Å². The third kappa shape index (κ3) is 7.12. The van der Waals surface area contributed by atoms with E-state index in [2.05, 4.69) is 25.2 Å². The van der Waals surface area contributed by atoms with Crippen molar-refractivity contribution in [3.05, 3.63) is 77.6 Å². The fourth-order valence-corrected chi connectivity index (χ4v) is 5.29. The maximum Gasteiger partial charge on any atom is 0.244 e. The van der Waals surface area contributed by atoms with Crippen molar-refractivity contribution in [2.45, 2.75) is 58.8 Å². The molecule has 1 fully saturated rings. The highest BCUT2D eigenvalue weighted by Crippen LogP contribution is 2.31. The van der Waals surface area contributed by atoms with Crippen LogP contribution in [0.2, 0.25) is 0 Å². The number of nitrogens with zero attached hydrogens (tertiary/aromatic N) is 5. The number of pyridine rings is 1. The lowest BCUT2D eigenvalue weighted by Gasteiger charge is -2.47. The smallest absolute Gasteiger partial charge is 0.244 e. The molecular weight excluding hydrogens is 523 g/mol. The number of nitrogens with one attached hydrogen (secondary N) is 1. The Morgan fingerprint density at radius 1 is 1.07 bits per heavy atom. The van der Waals surface area contributed by atoms with E-state index in [1.165, 1.54) is 0 Å². The average Bonchev–Trinajstić information content (AvgIpc) is 2.98. The van der Waals surface area contributed by atoms with Gasteiger partial charge in [0, 0.05) is 69.5 Å². The third-order valence-electron chi connectivity index (χ3n) is 7.47. The number of aryl methyl sites for hydroxylation is 1. The van der Waals surface area contributed by atoms with Crippen LogP contribution in [0.5, 0.6) is 0 Å². The Labute approximate surface area is 241 Å². The predicted molar refractivity (Wildman–Crippen MR) is 154 cm³/mol. The number of hydrogen-bond acceptors (Lipinski definition) is 7. The lowest BCUT2D eigenvalue weighted by atomic mass is 9.97. The number of halogens is 1. The minimum atomic E-state index is -0.747. The molecule has 0 unspecified atom stereocenters. The molecule has 2 aromatic heterocycles. The number of benzene rings is 1. The summed E-state index contributed by atoms with van der Waals surface area (Å²) in [6, 6.07) is 9.67. The van der Waals surface area contributed by atoms with Crippen LogP contribution >= 0.6 is 0 Å². The Bertz CT molecular complexity index is 1320. The first-order chi connectivity index (χ1) is 19.7. The molecule has 41 heavy (non-hydrogen) atoms. The maximum atomic E-state index is 15.3. The summed E-state index contributed by atoms with van der Waals surface area (Å²) in [7, 11) is 1.61. The molecule has 1 saturated heterocycles. The number of piperazine rings is 1. The monoisotopic (exact) mass is 562 g/mol. The molecule has 1 aliphatic heterocycles. The Morgan fingerprint density at radius 2 is 1.78 bits per heavy atom. The largest absolute Gasteiger partial charge is 0.385 e. The molecule has 0 radical (unpaired) electrons. The van der Waals surface area contributed by atoms with Gasteiger partial charge in [0.05, 0.1) is 11.7 Å². The van der Waals surface area contributed by atoms with Crippen LogP contribution in [0.4, 0.5) is 4.39 Å². The van der Waals surface area contributed by atoms with E-state index in [4.69, 9.17) is 4.74 Å². The van der Waals surface area contributed by atoms with Gasteiger partial charge in [-0.05, 0) is 43.5 Å². The summed E-state index contributed by atoms with van der Waals surface area (Å²) in [4.78, 5) is 43.7. The second kappa shape index (κ2) is 13.7. The molecule has 0 spiro atoms. The molecule has 1 aliphatic rings.